The van der Waals surface area contributed by atoms with Gasteiger partial charge in [0.15, 0.2) is 0 Å². The van der Waals surface area contributed by atoms with E-state index >= 15 is 0 Å². The molecule has 88 valence electrons. The van der Waals surface area contributed by atoms with Crippen LogP contribution in [-0.2, 0) is 0 Å². The molecule has 0 spiro atoms. The number of anilines is 1. The Balaban J connectivity index is 2.22. The van der Waals surface area contributed by atoms with Gasteiger partial charge in [0.25, 0.3) is 5.91 Å². The predicted octanol–water partition coefficient (Wildman–Crippen LogP) is 4.12. The number of thiophene rings is 1. The molecule has 6 heteroatoms. The van der Waals surface area contributed by atoms with Crippen LogP contribution in [0.4, 0.5) is 5.69 Å². The molecule has 17 heavy (non-hydrogen) atoms. The zero-order valence-corrected chi connectivity index (χ0v) is 12.0. The first-order valence-corrected chi connectivity index (χ1v) is 6.80. The van der Waals surface area contributed by atoms with Crippen molar-refractivity contribution in [2.45, 2.75) is 6.92 Å². The molecule has 2 aromatic rings. The Kier molecular flexibility index (Phi) is 3.81. The normalized spacial score (nSPS) is 10.3. The molecule has 1 N–H and O–H groups in total. The molecule has 2 rings (SSSR count). The van der Waals surface area contributed by atoms with Gasteiger partial charge in [-0.1, -0.05) is 11.6 Å². The summed E-state index contributed by atoms with van der Waals surface area (Å²) in [5.41, 5.74) is 1.43. The maximum atomic E-state index is 11.9. The summed E-state index contributed by atoms with van der Waals surface area (Å²) in [7, 11) is 0. The SMILES string of the molecule is Cc1nc(Br)ccc1NC(=O)c1sccc1Cl. The van der Waals surface area contributed by atoms with Gasteiger partial charge in [0, 0.05) is 0 Å². The summed E-state index contributed by atoms with van der Waals surface area (Å²) in [6.45, 7) is 1.83. The molecular formula is C11H8BrClN2OS. The number of halogens is 2. The zero-order chi connectivity index (χ0) is 12.4. The van der Waals surface area contributed by atoms with Crippen LogP contribution >= 0.6 is 38.9 Å². The smallest absolute Gasteiger partial charge is 0.267 e. The second-order valence-electron chi connectivity index (χ2n) is 3.32. The standard InChI is InChI=1S/C11H8BrClN2OS/c1-6-8(2-3-9(12)14-6)15-11(16)10-7(13)4-5-17-10/h2-5H,1H3,(H,15,16). The molecule has 2 aromatic heterocycles. The van der Waals surface area contributed by atoms with Gasteiger partial charge in [0.2, 0.25) is 0 Å². The third-order valence-corrected chi connectivity index (χ3v) is 3.91. The van der Waals surface area contributed by atoms with Crippen molar-refractivity contribution in [2.24, 2.45) is 0 Å². The fourth-order valence-electron chi connectivity index (χ4n) is 1.30. The summed E-state index contributed by atoms with van der Waals surface area (Å²) in [6, 6.07) is 5.28. The van der Waals surface area contributed by atoms with Crippen molar-refractivity contribution in [3.63, 3.8) is 0 Å². The van der Waals surface area contributed by atoms with Crippen LogP contribution < -0.4 is 5.32 Å². The Morgan fingerprint density at radius 3 is 2.82 bits per heavy atom. The molecule has 0 aliphatic rings. The average Bonchev–Trinajstić information content (AvgIpc) is 2.68. The van der Waals surface area contributed by atoms with Crippen LogP contribution in [-0.4, -0.2) is 10.9 Å². The van der Waals surface area contributed by atoms with Gasteiger partial charge in [-0.2, -0.15) is 0 Å². The lowest BCUT2D eigenvalue weighted by Gasteiger charge is -2.07. The van der Waals surface area contributed by atoms with Crippen LogP contribution in [0.1, 0.15) is 15.4 Å². The van der Waals surface area contributed by atoms with E-state index in [0.29, 0.717) is 15.6 Å². The summed E-state index contributed by atoms with van der Waals surface area (Å²) >= 11 is 10.5. The van der Waals surface area contributed by atoms with Gasteiger partial charge in [0.05, 0.1) is 16.4 Å². The molecule has 0 atom stereocenters. The fourth-order valence-corrected chi connectivity index (χ4v) is 2.73. The Morgan fingerprint density at radius 1 is 1.47 bits per heavy atom. The quantitative estimate of drug-likeness (QED) is 0.841. The summed E-state index contributed by atoms with van der Waals surface area (Å²) in [5.74, 6) is -0.211. The van der Waals surface area contributed by atoms with E-state index in [4.69, 9.17) is 11.6 Å². The Hall–Kier alpha value is -0.910. The Morgan fingerprint density at radius 2 is 2.24 bits per heavy atom. The van der Waals surface area contributed by atoms with Crippen molar-refractivity contribution in [2.75, 3.05) is 5.32 Å². The van der Waals surface area contributed by atoms with Gasteiger partial charge in [-0.15, -0.1) is 11.3 Å². The topological polar surface area (TPSA) is 42.0 Å². The molecule has 0 bridgehead atoms. The first-order chi connectivity index (χ1) is 8.08. The largest absolute Gasteiger partial charge is 0.320 e. The summed E-state index contributed by atoms with van der Waals surface area (Å²) in [4.78, 5) is 16.6. The molecule has 3 nitrogen and oxygen atoms in total. The fraction of sp³-hybridized carbons (Fsp3) is 0.0909. The van der Waals surface area contributed by atoms with Crippen molar-refractivity contribution < 1.29 is 4.79 Å². The number of rotatable bonds is 2. The number of nitrogens with zero attached hydrogens (tertiary/aromatic N) is 1. The third kappa shape index (κ3) is 2.86. The number of hydrogen-bond donors (Lipinski definition) is 1. The molecule has 2 heterocycles. The molecule has 0 unspecified atom stereocenters. The van der Waals surface area contributed by atoms with E-state index in [-0.39, 0.29) is 5.91 Å². The second-order valence-corrected chi connectivity index (χ2v) is 5.45. The van der Waals surface area contributed by atoms with Gasteiger partial charge < -0.3 is 5.32 Å². The van der Waals surface area contributed by atoms with Gasteiger partial charge in [-0.3, -0.25) is 4.79 Å². The van der Waals surface area contributed by atoms with E-state index in [0.717, 1.165) is 10.3 Å². The van der Waals surface area contributed by atoms with E-state index in [2.05, 4.69) is 26.2 Å². The molecule has 0 radical (unpaired) electrons. The van der Waals surface area contributed by atoms with Crippen LogP contribution in [0.5, 0.6) is 0 Å². The first-order valence-electron chi connectivity index (χ1n) is 4.75. The number of amides is 1. The van der Waals surface area contributed by atoms with E-state index in [1.54, 1.807) is 23.6 Å². The minimum absolute atomic E-state index is 0.211. The molecule has 0 fully saturated rings. The molecule has 0 saturated heterocycles. The Bertz CT molecular complexity index is 570. The van der Waals surface area contributed by atoms with E-state index in [1.165, 1.54) is 11.3 Å². The van der Waals surface area contributed by atoms with Crippen LogP contribution in [0, 0.1) is 6.92 Å². The number of aromatic nitrogens is 1. The summed E-state index contributed by atoms with van der Waals surface area (Å²) < 4.78 is 0.738. The van der Waals surface area contributed by atoms with E-state index < -0.39 is 0 Å². The molecule has 0 aliphatic heterocycles. The third-order valence-electron chi connectivity index (χ3n) is 2.12. The van der Waals surface area contributed by atoms with Crippen molar-refractivity contribution in [1.29, 1.82) is 0 Å². The minimum Gasteiger partial charge on any atom is -0.320 e. The molecular weight excluding hydrogens is 324 g/mol. The van der Waals surface area contributed by atoms with Crippen molar-refractivity contribution in [3.8, 4) is 0 Å². The van der Waals surface area contributed by atoms with Crippen LogP contribution in [0.3, 0.4) is 0 Å². The Labute approximate surface area is 116 Å². The molecule has 0 saturated carbocycles. The highest BCUT2D eigenvalue weighted by Crippen LogP contribution is 2.24. The average molecular weight is 332 g/mol. The highest BCUT2D eigenvalue weighted by molar-refractivity contribution is 9.10. The van der Waals surface area contributed by atoms with E-state index in [1.807, 2.05) is 6.92 Å². The molecule has 0 aliphatic carbocycles. The van der Waals surface area contributed by atoms with Crippen LogP contribution in [0.2, 0.25) is 5.02 Å². The summed E-state index contributed by atoms with van der Waals surface area (Å²) in [5, 5.41) is 5.03. The van der Waals surface area contributed by atoms with E-state index in [9.17, 15) is 4.79 Å². The van der Waals surface area contributed by atoms with Crippen LogP contribution in [0.15, 0.2) is 28.2 Å². The van der Waals surface area contributed by atoms with Crippen LogP contribution in [0.25, 0.3) is 0 Å². The molecule has 1 amide bonds. The lowest BCUT2D eigenvalue weighted by atomic mass is 10.3. The van der Waals surface area contributed by atoms with Crippen molar-refractivity contribution >= 4 is 50.5 Å². The monoisotopic (exact) mass is 330 g/mol. The van der Waals surface area contributed by atoms with Gasteiger partial charge in [-0.05, 0) is 46.4 Å². The highest BCUT2D eigenvalue weighted by Gasteiger charge is 2.13. The number of nitrogens with one attached hydrogen (secondary N) is 1. The number of aryl methyl sites for hydroxylation is 1. The predicted molar refractivity (Wildman–Crippen MR) is 74.0 cm³/mol. The second kappa shape index (κ2) is 5.16. The number of carbonyl (C=O) groups is 1. The number of pyridine rings is 1. The summed E-state index contributed by atoms with van der Waals surface area (Å²) in [6.07, 6.45) is 0. The van der Waals surface area contributed by atoms with Gasteiger partial charge in [0.1, 0.15) is 9.48 Å². The minimum atomic E-state index is -0.211. The van der Waals surface area contributed by atoms with Gasteiger partial charge >= 0.3 is 0 Å². The number of hydrogen-bond acceptors (Lipinski definition) is 3. The zero-order valence-electron chi connectivity index (χ0n) is 8.83. The maximum Gasteiger partial charge on any atom is 0.267 e. The van der Waals surface area contributed by atoms with Crippen molar-refractivity contribution in [1.82, 2.24) is 4.98 Å². The number of carbonyl (C=O) groups excluding carboxylic acids is 1. The lowest BCUT2D eigenvalue weighted by Crippen LogP contribution is -2.12. The first kappa shape index (κ1) is 12.5. The lowest BCUT2D eigenvalue weighted by molar-refractivity contribution is 0.103. The van der Waals surface area contributed by atoms with Crippen molar-refractivity contribution in [3.05, 3.63) is 43.8 Å². The highest BCUT2D eigenvalue weighted by atomic mass is 79.9. The van der Waals surface area contributed by atoms with Gasteiger partial charge in [-0.25, -0.2) is 4.98 Å². The molecule has 0 aromatic carbocycles. The maximum absolute atomic E-state index is 11.9.